The van der Waals surface area contributed by atoms with Gasteiger partial charge in [-0.2, -0.15) is 0 Å². The van der Waals surface area contributed by atoms with Gasteiger partial charge in [-0.3, -0.25) is 28.8 Å². The monoisotopic (exact) mass is 476 g/mol. The predicted molar refractivity (Wildman–Crippen MR) is 108 cm³/mol. The van der Waals surface area contributed by atoms with Gasteiger partial charge in [0.15, 0.2) is 6.04 Å². The van der Waals surface area contributed by atoms with E-state index < -0.39 is 97.4 Å². The highest BCUT2D eigenvalue weighted by atomic mass is 16.4. The number of rotatable bonds is 15. The van der Waals surface area contributed by atoms with Crippen molar-refractivity contribution in [1.29, 1.82) is 0 Å². The first-order valence-electron chi connectivity index (χ1n) is 9.51. The molecular weight excluding hydrogens is 448 g/mol. The molecule has 186 valence electrons. The zero-order valence-corrected chi connectivity index (χ0v) is 17.6. The maximum Gasteiger partial charge on any atom is 0.328 e. The van der Waals surface area contributed by atoms with Gasteiger partial charge in [0.25, 0.3) is 0 Å². The summed E-state index contributed by atoms with van der Waals surface area (Å²) in [5.41, 5.74) is 15.4. The summed E-state index contributed by atoms with van der Waals surface area (Å²) in [5, 5.41) is 33.7. The van der Waals surface area contributed by atoms with Gasteiger partial charge in [0.2, 0.25) is 29.5 Å². The number of aliphatic carboxylic acids is 2. The van der Waals surface area contributed by atoms with Crippen LogP contribution in [0.5, 0.6) is 0 Å². The molecule has 0 heterocycles. The van der Waals surface area contributed by atoms with Crippen molar-refractivity contribution in [3.05, 3.63) is 0 Å². The Morgan fingerprint density at radius 2 is 1.30 bits per heavy atom. The van der Waals surface area contributed by atoms with Crippen LogP contribution in [0.4, 0.5) is 0 Å². The molecule has 0 radical (unpaired) electrons. The molecule has 0 aliphatic rings. The normalized spacial score (nSPS) is 15.1. The fourth-order valence-electron chi connectivity index (χ4n) is 2.44. The summed E-state index contributed by atoms with van der Waals surface area (Å²) < 4.78 is 0. The van der Waals surface area contributed by atoms with Crippen molar-refractivity contribution in [2.75, 3.05) is 0 Å². The maximum absolute atomic E-state index is 12.6. The fourth-order valence-corrected chi connectivity index (χ4v) is 2.44. The average molecular weight is 476 g/mol. The quantitative estimate of drug-likeness (QED) is 0.108. The maximum atomic E-state index is 12.6. The van der Waals surface area contributed by atoms with E-state index >= 15 is 0 Å². The molecular formula is C17H28N6O10. The van der Waals surface area contributed by atoms with Crippen LogP contribution < -0.4 is 33.2 Å². The minimum atomic E-state index is -1.76. The van der Waals surface area contributed by atoms with Gasteiger partial charge in [0.05, 0.1) is 25.0 Å². The number of carboxylic acid groups (broad SMARTS) is 2. The highest BCUT2D eigenvalue weighted by Crippen LogP contribution is 2.04. The van der Waals surface area contributed by atoms with Crippen molar-refractivity contribution in [3.63, 3.8) is 0 Å². The number of nitrogens with one attached hydrogen (secondary N) is 3. The van der Waals surface area contributed by atoms with Crippen LogP contribution in [-0.4, -0.2) is 87.1 Å². The van der Waals surface area contributed by atoms with Crippen molar-refractivity contribution in [2.24, 2.45) is 17.2 Å². The molecule has 0 fully saturated rings. The van der Waals surface area contributed by atoms with Crippen molar-refractivity contribution in [1.82, 2.24) is 16.0 Å². The summed E-state index contributed by atoms with van der Waals surface area (Å²) in [5.74, 6) is -8.27. The van der Waals surface area contributed by atoms with Crippen molar-refractivity contribution < 1.29 is 48.9 Å². The smallest absolute Gasteiger partial charge is 0.328 e. The van der Waals surface area contributed by atoms with Crippen LogP contribution in [-0.2, 0) is 33.6 Å². The van der Waals surface area contributed by atoms with Gasteiger partial charge in [-0.15, -0.1) is 0 Å². The summed E-state index contributed by atoms with van der Waals surface area (Å²) in [6, 6.07) is -6.59. The van der Waals surface area contributed by atoms with Crippen LogP contribution in [0.1, 0.15) is 32.6 Å². The van der Waals surface area contributed by atoms with E-state index in [1.165, 1.54) is 0 Å². The van der Waals surface area contributed by atoms with E-state index in [1.54, 1.807) is 0 Å². The summed E-state index contributed by atoms with van der Waals surface area (Å²) in [6.07, 6.45) is -3.90. The lowest BCUT2D eigenvalue weighted by molar-refractivity contribution is -0.145. The minimum Gasteiger partial charge on any atom is -0.481 e. The van der Waals surface area contributed by atoms with Crippen LogP contribution in [0, 0.1) is 0 Å². The van der Waals surface area contributed by atoms with E-state index in [0.717, 1.165) is 6.92 Å². The topological polar surface area (TPSA) is 294 Å². The van der Waals surface area contributed by atoms with Crippen molar-refractivity contribution >= 4 is 41.5 Å². The number of carbonyl (C=O) groups excluding carboxylic acids is 5. The number of primary amides is 2. The number of carbonyl (C=O) groups is 7. The molecule has 0 spiro atoms. The number of carboxylic acids is 2. The molecule has 0 bridgehead atoms. The molecule has 0 aromatic rings. The molecule has 0 saturated heterocycles. The zero-order chi connectivity index (χ0) is 25.9. The number of amides is 5. The molecule has 0 aromatic heterocycles. The minimum absolute atomic E-state index is 0.409. The first-order chi connectivity index (χ1) is 15.1. The fraction of sp³-hybridized carbons (Fsp3) is 0.588. The number of hydrogen-bond donors (Lipinski definition) is 9. The third-order valence-corrected chi connectivity index (χ3v) is 4.13. The van der Waals surface area contributed by atoms with Gasteiger partial charge in [-0.05, 0) is 13.3 Å². The van der Waals surface area contributed by atoms with Gasteiger partial charge in [0.1, 0.15) is 12.1 Å². The zero-order valence-electron chi connectivity index (χ0n) is 17.6. The number of hydrogen-bond acceptors (Lipinski definition) is 9. The SMILES string of the molecule is CC(O)C(NC(=O)C(CCC(N)=O)NC(=O)C(CC(=O)O)NC(=O)C(N)CC(N)=O)C(=O)O. The van der Waals surface area contributed by atoms with Gasteiger partial charge in [-0.25, -0.2) is 4.79 Å². The second-order valence-corrected chi connectivity index (χ2v) is 7.07. The molecule has 0 aliphatic heterocycles. The lowest BCUT2D eigenvalue weighted by Gasteiger charge is -2.25. The van der Waals surface area contributed by atoms with E-state index in [4.69, 9.17) is 27.4 Å². The van der Waals surface area contributed by atoms with Gasteiger partial charge in [0, 0.05) is 6.42 Å². The van der Waals surface area contributed by atoms with E-state index in [9.17, 15) is 38.7 Å². The highest BCUT2D eigenvalue weighted by molar-refractivity contribution is 5.96. The summed E-state index contributed by atoms with van der Waals surface area (Å²) in [6.45, 7) is 1.09. The standard InChI is InChI=1S/C17H28N6O10/c1-6(24)13(17(32)33)23-15(30)8(2-3-10(19)25)21-16(31)9(5-12(27)28)22-14(29)7(18)4-11(20)26/h6-9,13,24H,2-5,18H2,1H3,(H2,19,25)(H2,20,26)(H,21,31)(H,22,29)(H,23,30)(H,27,28)(H,32,33). The van der Waals surface area contributed by atoms with E-state index in [1.807, 2.05) is 10.6 Å². The summed E-state index contributed by atoms with van der Waals surface area (Å²) in [7, 11) is 0. The molecule has 33 heavy (non-hydrogen) atoms. The Bertz CT molecular complexity index is 786. The van der Waals surface area contributed by atoms with Gasteiger partial charge >= 0.3 is 11.9 Å². The average Bonchev–Trinajstić information content (AvgIpc) is 2.66. The summed E-state index contributed by atoms with van der Waals surface area (Å²) >= 11 is 0. The third-order valence-electron chi connectivity index (χ3n) is 4.13. The largest absolute Gasteiger partial charge is 0.481 e. The molecule has 5 amide bonds. The van der Waals surface area contributed by atoms with Crippen LogP contribution in [0.15, 0.2) is 0 Å². The number of aliphatic hydroxyl groups excluding tert-OH is 1. The first-order valence-corrected chi connectivity index (χ1v) is 9.51. The molecule has 16 nitrogen and oxygen atoms in total. The second kappa shape index (κ2) is 13.6. The molecule has 16 heteroatoms. The number of aliphatic hydroxyl groups is 1. The molecule has 0 rings (SSSR count). The lowest BCUT2D eigenvalue weighted by atomic mass is 10.1. The lowest BCUT2D eigenvalue weighted by Crippen LogP contribution is -2.58. The Kier molecular flexibility index (Phi) is 12.0. The Hall–Kier alpha value is -3.79. The molecule has 0 saturated carbocycles. The van der Waals surface area contributed by atoms with Crippen molar-refractivity contribution in [3.8, 4) is 0 Å². The highest BCUT2D eigenvalue weighted by Gasteiger charge is 2.33. The molecule has 0 aromatic carbocycles. The molecule has 5 atom stereocenters. The van der Waals surface area contributed by atoms with Crippen molar-refractivity contribution in [2.45, 2.75) is 62.9 Å². The van der Waals surface area contributed by atoms with Crippen LogP contribution in [0.25, 0.3) is 0 Å². The predicted octanol–water partition coefficient (Wildman–Crippen LogP) is -5.15. The number of nitrogens with two attached hydrogens (primary N) is 3. The Morgan fingerprint density at radius 1 is 0.788 bits per heavy atom. The molecule has 12 N–H and O–H groups in total. The van der Waals surface area contributed by atoms with Gasteiger partial charge in [-0.1, -0.05) is 0 Å². The Morgan fingerprint density at radius 3 is 1.73 bits per heavy atom. The van der Waals surface area contributed by atoms with E-state index in [2.05, 4.69) is 5.32 Å². The van der Waals surface area contributed by atoms with Crippen LogP contribution >= 0.6 is 0 Å². The molecule has 5 unspecified atom stereocenters. The van der Waals surface area contributed by atoms with Gasteiger partial charge < -0.3 is 48.5 Å². The Labute approximate surface area is 187 Å². The van der Waals surface area contributed by atoms with E-state index in [-0.39, 0.29) is 0 Å². The van der Waals surface area contributed by atoms with E-state index in [0.29, 0.717) is 0 Å². The van der Waals surface area contributed by atoms with Crippen LogP contribution in [0.3, 0.4) is 0 Å². The third kappa shape index (κ3) is 11.4. The first kappa shape index (κ1) is 29.2. The molecule has 0 aliphatic carbocycles. The second-order valence-electron chi connectivity index (χ2n) is 7.07. The Balaban J connectivity index is 5.60. The summed E-state index contributed by atoms with van der Waals surface area (Å²) in [4.78, 5) is 81.4. The van der Waals surface area contributed by atoms with Crippen LogP contribution in [0.2, 0.25) is 0 Å².